The lowest BCUT2D eigenvalue weighted by Crippen LogP contribution is -2.30. The Morgan fingerprint density at radius 1 is 1.41 bits per heavy atom. The summed E-state index contributed by atoms with van der Waals surface area (Å²) >= 11 is 6.16. The third-order valence-electron chi connectivity index (χ3n) is 3.28. The minimum absolute atomic E-state index is 0.506. The summed E-state index contributed by atoms with van der Waals surface area (Å²) in [7, 11) is 0. The molecular formula is C14H20ClNO. The molecule has 0 saturated heterocycles. The van der Waals surface area contributed by atoms with E-state index in [1.165, 1.54) is 11.1 Å². The van der Waals surface area contributed by atoms with Gasteiger partial charge in [0.25, 0.3) is 0 Å². The summed E-state index contributed by atoms with van der Waals surface area (Å²) in [5.74, 6) is 1.07. The van der Waals surface area contributed by atoms with Gasteiger partial charge in [0.1, 0.15) is 5.75 Å². The first-order chi connectivity index (χ1) is 8.24. The summed E-state index contributed by atoms with van der Waals surface area (Å²) in [6, 6.07) is 4.58. The molecule has 1 aliphatic rings. The lowest BCUT2D eigenvalue weighted by atomic mass is 10.00. The summed E-state index contributed by atoms with van der Waals surface area (Å²) < 4.78 is 5.72. The highest BCUT2D eigenvalue weighted by Crippen LogP contribution is 2.33. The maximum atomic E-state index is 6.16. The Kier molecular flexibility index (Phi) is 4.30. The Morgan fingerprint density at radius 3 is 2.94 bits per heavy atom. The molecule has 0 spiro atoms. The Hall–Kier alpha value is -0.730. The van der Waals surface area contributed by atoms with Crippen molar-refractivity contribution in [1.29, 1.82) is 0 Å². The Balaban J connectivity index is 2.20. The van der Waals surface area contributed by atoms with E-state index in [2.05, 4.69) is 19.2 Å². The molecule has 0 aliphatic carbocycles. The predicted molar refractivity (Wildman–Crippen MR) is 72.1 cm³/mol. The van der Waals surface area contributed by atoms with Crippen molar-refractivity contribution in [3.05, 3.63) is 28.3 Å². The normalized spacial score (nSPS) is 15.5. The molecule has 1 aliphatic heterocycles. The number of hydrogen-bond acceptors (Lipinski definition) is 2. The van der Waals surface area contributed by atoms with Gasteiger partial charge in [-0.05, 0) is 42.6 Å². The minimum Gasteiger partial charge on any atom is -0.493 e. The monoisotopic (exact) mass is 253 g/mol. The molecule has 0 saturated carbocycles. The average molecular weight is 254 g/mol. The molecule has 1 atom stereocenters. The number of likely N-dealkylation sites (N-methyl/N-ethyl adjacent to an activating group) is 1. The first-order valence-corrected chi connectivity index (χ1v) is 6.79. The van der Waals surface area contributed by atoms with Gasteiger partial charge in [-0.3, -0.25) is 0 Å². The second-order valence-corrected chi connectivity index (χ2v) is 4.96. The van der Waals surface area contributed by atoms with Crippen molar-refractivity contribution in [3.63, 3.8) is 0 Å². The maximum absolute atomic E-state index is 6.16. The van der Waals surface area contributed by atoms with Crippen LogP contribution in [0.15, 0.2) is 12.1 Å². The van der Waals surface area contributed by atoms with Crippen LogP contribution in [0.3, 0.4) is 0 Å². The van der Waals surface area contributed by atoms with Gasteiger partial charge < -0.3 is 10.1 Å². The number of hydrogen-bond donors (Lipinski definition) is 1. The van der Waals surface area contributed by atoms with Crippen molar-refractivity contribution in [2.75, 3.05) is 13.2 Å². The molecule has 1 heterocycles. The van der Waals surface area contributed by atoms with Crippen molar-refractivity contribution in [2.24, 2.45) is 0 Å². The van der Waals surface area contributed by atoms with E-state index < -0.39 is 0 Å². The molecule has 1 aromatic carbocycles. The summed E-state index contributed by atoms with van der Waals surface area (Å²) in [6.07, 6.45) is 3.10. The quantitative estimate of drug-likeness (QED) is 0.870. The van der Waals surface area contributed by atoms with E-state index in [4.69, 9.17) is 16.3 Å². The molecule has 17 heavy (non-hydrogen) atoms. The van der Waals surface area contributed by atoms with Crippen molar-refractivity contribution >= 4 is 11.6 Å². The van der Waals surface area contributed by atoms with Crippen LogP contribution in [-0.4, -0.2) is 19.2 Å². The van der Waals surface area contributed by atoms with Crippen LogP contribution in [0.25, 0.3) is 0 Å². The van der Waals surface area contributed by atoms with Gasteiger partial charge in [-0.2, -0.15) is 0 Å². The molecule has 2 rings (SSSR count). The molecule has 0 radical (unpaired) electrons. The standard InChI is InChI=1S/C14H20ClNO/c1-3-13(16-4-2)9-11-8-12(15)7-10-5-6-17-14(10)11/h7-8,13,16H,3-6,9H2,1-2H3. The molecule has 1 aromatic rings. The fourth-order valence-electron chi connectivity index (χ4n) is 2.41. The van der Waals surface area contributed by atoms with Crippen LogP contribution >= 0.6 is 11.6 Å². The fraction of sp³-hybridized carbons (Fsp3) is 0.571. The number of ether oxygens (including phenoxy) is 1. The van der Waals surface area contributed by atoms with Crippen LogP contribution in [0, 0.1) is 0 Å². The van der Waals surface area contributed by atoms with Gasteiger partial charge in [-0.1, -0.05) is 25.4 Å². The van der Waals surface area contributed by atoms with Crippen LogP contribution in [0.2, 0.25) is 5.02 Å². The Morgan fingerprint density at radius 2 is 2.24 bits per heavy atom. The van der Waals surface area contributed by atoms with E-state index in [-0.39, 0.29) is 0 Å². The van der Waals surface area contributed by atoms with Gasteiger partial charge >= 0.3 is 0 Å². The molecule has 2 nitrogen and oxygen atoms in total. The number of nitrogens with one attached hydrogen (secondary N) is 1. The minimum atomic E-state index is 0.506. The Labute approximate surface area is 108 Å². The van der Waals surface area contributed by atoms with Crippen LogP contribution in [0.1, 0.15) is 31.4 Å². The zero-order valence-electron chi connectivity index (χ0n) is 10.6. The van der Waals surface area contributed by atoms with Gasteiger partial charge in [0.05, 0.1) is 6.61 Å². The smallest absolute Gasteiger partial charge is 0.125 e. The van der Waals surface area contributed by atoms with Crippen LogP contribution < -0.4 is 10.1 Å². The van der Waals surface area contributed by atoms with E-state index in [0.29, 0.717) is 6.04 Å². The molecule has 94 valence electrons. The van der Waals surface area contributed by atoms with E-state index in [1.54, 1.807) is 0 Å². The molecular weight excluding hydrogens is 234 g/mol. The van der Waals surface area contributed by atoms with E-state index >= 15 is 0 Å². The van der Waals surface area contributed by atoms with Gasteiger partial charge in [-0.15, -0.1) is 0 Å². The lowest BCUT2D eigenvalue weighted by Gasteiger charge is -2.17. The summed E-state index contributed by atoms with van der Waals surface area (Å²) in [4.78, 5) is 0. The highest BCUT2D eigenvalue weighted by Gasteiger charge is 2.19. The topological polar surface area (TPSA) is 21.3 Å². The van der Waals surface area contributed by atoms with Crippen LogP contribution in [-0.2, 0) is 12.8 Å². The molecule has 1 N–H and O–H groups in total. The number of fused-ring (bicyclic) bond motifs is 1. The van der Waals surface area contributed by atoms with Crippen LogP contribution in [0.4, 0.5) is 0 Å². The van der Waals surface area contributed by atoms with Crippen LogP contribution in [0.5, 0.6) is 5.75 Å². The molecule has 1 unspecified atom stereocenters. The molecule has 0 bridgehead atoms. The average Bonchev–Trinajstić information content (AvgIpc) is 2.76. The van der Waals surface area contributed by atoms with Crippen molar-refractivity contribution < 1.29 is 4.74 Å². The predicted octanol–water partition coefficient (Wildman–Crippen LogP) is 3.21. The lowest BCUT2D eigenvalue weighted by molar-refractivity contribution is 0.351. The third-order valence-corrected chi connectivity index (χ3v) is 3.50. The highest BCUT2D eigenvalue weighted by atomic mass is 35.5. The van der Waals surface area contributed by atoms with Crippen molar-refractivity contribution in [1.82, 2.24) is 5.32 Å². The summed E-state index contributed by atoms with van der Waals surface area (Å²) in [6.45, 7) is 6.14. The first kappa shape index (κ1) is 12.7. The summed E-state index contributed by atoms with van der Waals surface area (Å²) in [5, 5.41) is 4.32. The largest absolute Gasteiger partial charge is 0.493 e. The molecule has 0 amide bonds. The zero-order chi connectivity index (χ0) is 12.3. The summed E-state index contributed by atoms with van der Waals surface area (Å²) in [5.41, 5.74) is 2.51. The van der Waals surface area contributed by atoms with Gasteiger partial charge in [-0.25, -0.2) is 0 Å². The second kappa shape index (κ2) is 5.74. The maximum Gasteiger partial charge on any atom is 0.125 e. The number of halogens is 1. The fourth-order valence-corrected chi connectivity index (χ4v) is 2.68. The SMILES string of the molecule is CCNC(CC)Cc1cc(Cl)cc2c1OCC2. The van der Waals surface area contributed by atoms with E-state index in [1.807, 2.05) is 12.1 Å². The highest BCUT2D eigenvalue weighted by molar-refractivity contribution is 6.30. The molecule has 0 aromatic heterocycles. The number of rotatable bonds is 5. The van der Waals surface area contributed by atoms with Crippen molar-refractivity contribution in [2.45, 2.75) is 39.2 Å². The van der Waals surface area contributed by atoms with Gasteiger partial charge in [0, 0.05) is 17.5 Å². The second-order valence-electron chi connectivity index (χ2n) is 4.52. The Bertz CT molecular complexity index is 392. The third kappa shape index (κ3) is 2.93. The van der Waals surface area contributed by atoms with Gasteiger partial charge in [0.15, 0.2) is 0 Å². The zero-order valence-corrected chi connectivity index (χ0v) is 11.3. The number of benzene rings is 1. The first-order valence-electron chi connectivity index (χ1n) is 6.42. The van der Waals surface area contributed by atoms with E-state index in [0.717, 1.165) is 43.2 Å². The van der Waals surface area contributed by atoms with Gasteiger partial charge in [0.2, 0.25) is 0 Å². The molecule has 3 heteroatoms. The van der Waals surface area contributed by atoms with Crippen molar-refractivity contribution in [3.8, 4) is 5.75 Å². The van der Waals surface area contributed by atoms with E-state index in [9.17, 15) is 0 Å². The molecule has 0 fully saturated rings.